The summed E-state index contributed by atoms with van der Waals surface area (Å²) in [6, 6.07) is 13.3. The number of aryl methyl sites for hydroxylation is 1. The zero-order valence-corrected chi connectivity index (χ0v) is 12.5. The van der Waals surface area contributed by atoms with E-state index >= 15 is 0 Å². The SMILES string of the molecule is NCCC1CCCc2ccc(-c3cccc([N+](=O)[O-])c3)cc21. The maximum absolute atomic E-state index is 10.9. The molecule has 0 bridgehead atoms. The first-order valence-corrected chi connectivity index (χ1v) is 7.77. The van der Waals surface area contributed by atoms with Crippen molar-refractivity contribution in [2.75, 3.05) is 6.54 Å². The number of nitro benzene ring substituents is 1. The third-order valence-corrected chi connectivity index (χ3v) is 4.49. The maximum Gasteiger partial charge on any atom is 0.270 e. The van der Waals surface area contributed by atoms with E-state index in [0.717, 1.165) is 24.0 Å². The number of nitrogens with two attached hydrogens (primary N) is 1. The summed E-state index contributed by atoms with van der Waals surface area (Å²) in [5.41, 5.74) is 10.6. The number of rotatable bonds is 4. The van der Waals surface area contributed by atoms with Gasteiger partial charge >= 0.3 is 0 Å². The zero-order valence-electron chi connectivity index (χ0n) is 12.5. The van der Waals surface area contributed by atoms with Gasteiger partial charge in [-0.05, 0) is 60.4 Å². The minimum Gasteiger partial charge on any atom is -0.330 e. The highest BCUT2D eigenvalue weighted by Crippen LogP contribution is 2.36. The number of fused-ring (bicyclic) bond motifs is 1. The van der Waals surface area contributed by atoms with Crippen LogP contribution < -0.4 is 5.73 Å². The van der Waals surface area contributed by atoms with Crippen LogP contribution in [-0.2, 0) is 6.42 Å². The topological polar surface area (TPSA) is 69.2 Å². The van der Waals surface area contributed by atoms with Gasteiger partial charge in [-0.1, -0.05) is 30.3 Å². The summed E-state index contributed by atoms with van der Waals surface area (Å²) in [6.45, 7) is 0.700. The van der Waals surface area contributed by atoms with E-state index in [9.17, 15) is 10.1 Å². The van der Waals surface area contributed by atoms with Crippen molar-refractivity contribution in [3.63, 3.8) is 0 Å². The van der Waals surface area contributed by atoms with Gasteiger partial charge in [-0.3, -0.25) is 10.1 Å². The Morgan fingerprint density at radius 1 is 1.18 bits per heavy atom. The molecule has 0 radical (unpaired) electrons. The van der Waals surface area contributed by atoms with Crippen molar-refractivity contribution in [2.45, 2.75) is 31.6 Å². The van der Waals surface area contributed by atoms with Crippen LogP contribution in [0.1, 0.15) is 36.3 Å². The second kappa shape index (κ2) is 6.28. The highest BCUT2D eigenvalue weighted by Gasteiger charge is 2.20. The number of non-ortho nitro benzene ring substituents is 1. The maximum atomic E-state index is 10.9. The third-order valence-electron chi connectivity index (χ3n) is 4.49. The highest BCUT2D eigenvalue weighted by molar-refractivity contribution is 5.67. The quantitative estimate of drug-likeness (QED) is 0.684. The predicted molar refractivity (Wildman–Crippen MR) is 87.9 cm³/mol. The van der Waals surface area contributed by atoms with E-state index in [1.54, 1.807) is 12.1 Å². The third kappa shape index (κ3) is 2.88. The van der Waals surface area contributed by atoms with Gasteiger partial charge in [0.2, 0.25) is 0 Å². The number of hydrogen-bond acceptors (Lipinski definition) is 3. The number of benzene rings is 2. The average molecular weight is 296 g/mol. The fraction of sp³-hybridized carbons (Fsp3) is 0.333. The van der Waals surface area contributed by atoms with Crippen molar-refractivity contribution >= 4 is 5.69 Å². The molecule has 22 heavy (non-hydrogen) atoms. The van der Waals surface area contributed by atoms with E-state index < -0.39 is 0 Å². The van der Waals surface area contributed by atoms with Gasteiger partial charge in [0.1, 0.15) is 0 Å². The van der Waals surface area contributed by atoms with E-state index in [-0.39, 0.29) is 10.6 Å². The number of nitro groups is 1. The molecule has 4 heteroatoms. The Labute approximate surface area is 130 Å². The van der Waals surface area contributed by atoms with Crippen molar-refractivity contribution < 1.29 is 4.92 Å². The first-order chi connectivity index (χ1) is 10.7. The molecule has 0 aromatic heterocycles. The van der Waals surface area contributed by atoms with Crippen LogP contribution in [0.15, 0.2) is 42.5 Å². The summed E-state index contributed by atoms with van der Waals surface area (Å²) < 4.78 is 0. The Hall–Kier alpha value is -2.20. The normalized spacial score (nSPS) is 17.0. The van der Waals surface area contributed by atoms with Crippen molar-refractivity contribution in [3.8, 4) is 11.1 Å². The minimum absolute atomic E-state index is 0.133. The van der Waals surface area contributed by atoms with Gasteiger partial charge in [0.25, 0.3) is 5.69 Å². The molecule has 1 aliphatic rings. The molecule has 1 unspecified atom stereocenters. The van der Waals surface area contributed by atoms with Crippen LogP contribution in [-0.4, -0.2) is 11.5 Å². The summed E-state index contributed by atoms with van der Waals surface area (Å²) in [6.07, 6.45) is 4.52. The molecule has 0 heterocycles. The van der Waals surface area contributed by atoms with Crippen LogP contribution in [0.4, 0.5) is 5.69 Å². The largest absolute Gasteiger partial charge is 0.330 e. The molecular weight excluding hydrogens is 276 g/mol. The van der Waals surface area contributed by atoms with E-state index in [2.05, 4.69) is 18.2 Å². The van der Waals surface area contributed by atoms with Gasteiger partial charge in [-0.25, -0.2) is 0 Å². The summed E-state index contributed by atoms with van der Waals surface area (Å²) in [5, 5.41) is 10.9. The Morgan fingerprint density at radius 2 is 2.00 bits per heavy atom. The Bertz CT molecular complexity index is 697. The number of nitrogens with zero attached hydrogens (tertiary/aromatic N) is 1. The summed E-state index contributed by atoms with van der Waals surface area (Å²) in [7, 11) is 0. The van der Waals surface area contributed by atoms with E-state index in [4.69, 9.17) is 5.73 Å². The molecule has 1 atom stereocenters. The van der Waals surface area contributed by atoms with Crippen molar-refractivity contribution in [1.82, 2.24) is 0 Å². The summed E-state index contributed by atoms with van der Waals surface area (Å²) >= 11 is 0. The molecule has 2 N–H and O–H groups in total. The first kappa shape index (κ1) is 14.7. The standard InChI is InChI=1S/C18H20N2O2/c19-10-9-14-4-1-3-13-7-8-16(12-18(13)14)15-5-2-6-17(11-15)20(21)22/h2,5-8,11-12,14H,1,3-4,9-10,19H2. The first-order valence-electron chi connectivity index (χ1n) is 7.77. The lowest BCUT2D eigenvalue weighted by atomic mass is 9.80. The van der Waals surface area contributed by atoms with Crippen molar-refractivity contribution in [2.24, 2.45) is 5.73 Å². The van der Waals surface area contributed by atoms with Crippen molar-refractivity contribution in [3.05, 3.63) is 63.7 Å². The fourth-order valence-corrected chi connectivity index (χ4v) is 3.38. The average Bonchev–Trinajstić information content (AvgIpc) is 2.55. The van der Waals surface area contributed by atoms with Crippen LogP contribution in [0.25, 0.3) is 11.1 Å². The van der Waals surface area contributed by atoms with Gasteiger partial charge in [0.15, 0.2) is 0 Å². The highest BCUT2D eigenvalue weighted by atomic mass is 16.6. The summed E-state index contributed by atoms with van der Waals surface area (Å²) in [5.74, 6) is 0.521. The second-order valence-corrected chi connectivity index (χ2v) is 5.89. The molecule has 114 valence electrons. The molecule has 0 saturated carbocycles. The monoisotopic (exact) mass is 296 g/mol. The summed E-state index contributed by atoms with van der Waals surface area (Å²) in [4.78, 5) is 10.6. The van der Waals surface area contributed by atoms with Crippen LogP contribution in [0.5, 0.6) is 0 Å². The van der Waals surface area contributed by atoms with Crippen LogP contribution in [0.2, 0.25) is 0 Å². The molecule has 0 fully saturated rings. The van der Waals surface area contributed by atoms with Gasteiger partial charge < -0.3 is 5.73 Å². The smallest absolute Gasteiger partial charge is 0.270 e. The molecule has 1 aliphatic carbocycles. The molecule has 0 saturated heterocycles. The van der Waals surface area contributed by atoms with Crippen LogP contribution in [0.3, 0.4) is 0 Å². The van der Waals surface area contributed by atoms with Crippen LogP contribution >= 0.6 is 0 Å². The fourth-order valence-electron chi connectivity index (χ4n) is 3.38. The molecule has 0 amide bonds. The molecule has 0 spiro atoms. The lowest BCUT2D eigenvalue weighted by molar-refractivity contribution is -0.384. The molecular formula is C18H20N2O2. The minimum atomic E-state index is -0.348. The molecule has 0 aliphatic heterocycles. The van der Waals surface area contributed by atoms with E-state index in [0.29, 0.717) is 12.5 Å². The van der Waals surface area contributed by atoms with Crippen molar-refractivity contribution in [1.29, 1.82) is 0 Å². The van der Waals surface area contributed by atoms with E-state index in [1.807, 2.05) is 6.07 Å². The van der Waals surface area contributed by atoms with Gasteiger partial charge in [0, 0.05) is 12.1 Å². The Kier molecular flexibility index (Phi) is 4.20. The molecule has 2 aromatic rings. The Balaban J connectivity index is 2.00. The van der Waals surface area contributed by atoms with Crippen LogP contribution in [0, 0.1) is 10.1 Å². The Morgan fingerprint density at radius 3 is 2.77 bits per heavy atom. The van der Waals surface area contributed by atoms with E-state index in [1.165, 1.54) is 30.0 Å². The molecule has 3 rings (SSSR count). The predicted octanol–water partition coefficient (Wildman–Crippen LogP) is 4.03. The molecule has 2 aromatic carbocycles. The number of hydrogen-bond donors (Lipinski definition) is 1. The zero-order chi connectivity index (χ0) is 15.5. The molecule has 4 nitrogen and oxygen atoms in total. The second-order valence-electron chi connectivity index (χ2n) is 5.89. The van der Waals surface area contributed by atoms with Gasteiger partial charge in [-0.15, -0.1) is 0 Å². The lowest BCUT2D eigenvalue weighted by Crippen LogP contribution is -2.14. The lowest BCUT2D eigenvalue weighted by Gasteiger charge is -2.26. The van der Waals surface area contributed by atoms with Gasteiger partial charge in [0.05, 0.1) is 4.92 Å². The van der Waals surface area contributed by atoms with Gasteiger partial charge in [-0.2, -0.15) is 0 Å².